The second kappa shape index (κ2) is 4.40. The van der Waals surface area contributed by atoms with Gasteiger partial charge in [-0.1, -0.05) is 13.5 Å². The lowest BCUT2D eigenvalue weighted by Gasteiger charge is -2.55. The number of esters is 1. The largest absolute Gasteiger partial charge is 0.458 e. The van der Waals surface area contributed by atoms with E-state index in [4.69, 9.17) is 4.74 Å². The van der Waals surface area contributed by atoms with Gasteiger partial charge < -0.3 is 19.7 Å². The Hall–Kier alpha value is -1.20. The van der Waals surface area contributed by atoms with Gasteiger partial charge >= 0.3 is 5.97 Å². The van der Waals surface area contributed by atoms with Gasteiger partial charge in [-0.15, -0.1) is 0 Å². The number of aliphatic hydroxyl groups excluding tert-OH is 2. The summed E-state index contributed by atoms with van der Waals surface area (Å²) in [6.45, 7) is 5.60. The SMILES string of the molecule is C=C1C(=O)O[C@@H]2[C@@H]1[C@H](O)C[C@@]1(C)[C@H]2[C@H](C=O)CC[C@H]1O. The summed E-state index contributed by atoms with van der Waals surface area (Å²) in [6, 6.07) is 0. The van der Waals surface area contributed by atoms with Gasteiger partial charge in [0, 0.05) is 22.8 Å². The molecule has 2 N–H and O–H groups in total. The maximum atomic E-state index is 11.8. The second-order valence-corrected chi connectivity index (χ2v) is 6.62. The zero-order chi connectivity index (χ0) is 14.7. The third-order valence-corrected chi connectivity index (χ3v) is 5.61. The summed E-state index contributed by atoms with van der Waals surface area (Å²) in [5.41, 5.74) is -0.316. The summed E-state index contributed by atoms with van der Waals surface area (Å²) in [5, 5.41) is 20.7. The summed E-state index contributed by atoms with van der Waals surface area (Å²) in [4.78, 5) is 23.1. The molecule has 3 fully saturated rings. The number of carbonyl (C=O) groups excluding carboxylic acids is 2. The maximum Gasteiger partial charge on any atom is 0.334 e. The zero-order valence-corrected chi connectivity index (χ0v) is 11.5. The van der Waals surface area contributed by atoms with E-state index in [1.54, 1.807) is 0 Å². The molecule has 1 heterocycles. The molecule has 3 rings (SSSR count). The highest BCUT2D eigenvalue weighted by Crippen LogP contribution is 2.57. The van der Waals surface area contributed by atoms with E-state index in [1.165, 1.54) is 0 Å². The highest BCUT2D eigenvalue weighted by atomic mass is 16.6. The van der Waals surface area contributed by atoms with Crippen molar-refractivity contribution in [3.8, 4) is 0 Å². The highest BCUT2D eigenvalue weighted by Gasteiger charge is 2.62. The number of carbonyl (C=O) groups is 2. The molecule has 20 heavy (non-hydrogen) atoms. The zero-order valence-electron chi connectivity index (χ0n) is 11.5. The quantitative estimate of drug-likeness (QED) is 0.414. The number of hydrogen-bond donors (Lipinski definition) is 2. The van der Waals surface area contributed by atoms with Gasteiger partial charge in [0.1, 0.15) is 12.4 Å². The Morgan fingerprint density at radius 2 is 2.10 bits per heavy atom. The number of hydrogen-bond acceptors (Lipinski definition) is 5. The topological polar surface area (TPSA) is 83.8 Å². The molecule has 3 aliphatic rings. The van der Waals surface area contributed by atoms with Crippen molar-refractivity contribution in [2.75, 3.05) is 0 Å². The molecule has 2 saturated carbocycles. The smallest absolute Gasteiger partial charge is 0.334 e. The van der Waals surface area contributed by atoms with E-state index in [-0.39, 0.29) is 17.4 Å². The Morgan fingerprint density at radius 3 is 2.75 bits per heavy atom. The lowest BCUT2D eigenvalue weighted by atomic mass is 9.52. The standard InChI is InChI=1S/C15H20O5/c1-7-11-9(17)5-15(2)10(18)4-3-8(6-16)12(15)13(11)20-14(7)19/h6,8-13,17-18H,1,3-5H2,2H3/t8-,9+,10+,11-,12-,13+,15+/m0/s1. The van der Waals surface area contributed by atoms with E-state index < -0.39 is 35.6 Å². The summed E-state index contributed by atoms with van der Waals surface area (Å²) in [7, 11) is 0. The molecule has 2 aliphatic carbocycles. The van der Waals surface area contributed by atoms with Crippen molar-refractivity contribution in [2.45, 2.75) is 44.5 Å². The molecule has 0 radical (unpaired) electrons. The second-order valence-electron chi connectivity index (χ2n) is 6.62. The van der Waals surface area contributed by atoms with Crippen LogP contribution in [0.2, 0.25) is 0 Å². The van der Waals surface area contributed by atoms with Crippen LogP contribution in [-0.2, 0) is 14.3 Å². The number of rotatable bonds is 1. The summed E-state index contributed by atoms with van der Waals surface area (Å²) in [5.74, 6) is -1.44. The molecule has 0 aromatic rings. The molecule has 0 unspecified atom stereocenters. The minimum atomic E-state index is -0.764. The van der Waals surface area contributed by atoms with Gasteiger partial charge in [0.15, 0.2) is 0 Å². The molecule has 5 heteroatoms. The molecular formula is C15H20O5. The van der Waals surface area contributed by atoms with Crippen LogP contribution in [0.3, 0.4) is 0 Å². The van der Waals surface area contributed by atoms with Crippen molar-refractivity contribution >= 4 is 12.3 Å². The first kappa shape index (κ1) is 13.8. The average Bonchev–Trinajstić information content (AvgIpc) is 2.68. The normalized spacial score (nSPS) is 51.1. The fourth-order valence-corrected chi connectivity index (χ4v) is 4.55. The van der Waals surface area contributed by atoms with Gasteiger partial charge in [0.05, 0.1) is 18.1 Å². The van der Waals surface area contributed by atoms with Crippen LogP contribution < -0.4 is 0 Å². The van der Waals surface area contributed by atoms with E-state index in [9.17, 15) is 19.8 Å². The lowest BCUT2D eigenvalue weighted by molar-refractivity contribution is -0.185. The molecule has 0 spiro atoms. The third-order valence-electron chi connectivity index (χ3n) is 5.61. The molecule has 110 valence electrons. The van der Waals surface area contributed by atoms with Crippen molar-refractivity contribution in [1.29, 1.82) is 0 Å². The predicted molar refractivity (Wildman–Crippen MR) is 69.5 cm³/mol. The Labute approximate surface area is 117 Å². The van der Waals surface area contributed by atoms with Crippen LogP contribution in [-0.4, -0.2) is 40.8 Å². The highest BCUT2D eigenvalue weighted by molar-refractivity contribution is 5.91. The summed E-state index contributed by atoms with van der Waals surface area (Å²) >= 11 is 0. The summed E-state index contributed by atoms with van der Waals surface area (Å²) in [6.07, 6.45) is 0.489. The number of aldehydes is 1. The lowest BCUT2D eigenvalue weighted by Crippen LogP contribution is -2.59. The monoisotopic (exact) mass is 280 g/mol. The number of ether oxygens (including phenoxy) is 1. The van der Waals surface area contributed by atoms with Gasteiger partial charge in [-0.2, -0.15) is 0 Å². The molecule has 5 nitrogen and oxygen atoms in total. The van der Waals surface area contributed by atoms with Gasteiger partial charge in [0.2, 0.25) is 0 Å². The van der Waals surface area contributed by atoms with Crippen LogP contribution in [0, 0.1) is 23.2 Å². The fourth-order valence-electron chi connectivity index (χ4n) is 4.55. The minimum absolute atomic E-state index is 0.248. The fraction of sp³-hybridized carbons (Fsp3) is 0.733. The van der Waals surface area contributed by atoms with Gasteiger partial charge in [-0.05, 0) is 19.3 Å². The maximum absolute atomic E-state index is 11.8. The first-order chi connectivity index (χ1) is 9.40. The van der Waals surface area contributed by atoms with E-state index in [0.29, 0.717) is 19.3 Å². The molecule has 0 amide bonds. The Balaban J connectivity index is 2.05. The molecular weight excluding hydrogens is 260 g/mol. The van der Waals surface area contributed by atoms with Crippen molar-refractivity contribution in [3.63, 3.8) is 0 Å². The van der Waals surface area contributed by atoms with E-state index >= 15 is 0 Å². The molecule has 0 aromatic heterocycles. The first-order valence-corrected chi connectivity index (χ1v) is 7.11. The van der Waals surface area contributed by atoms with Crippen molar-refractivity contribution in [2.24, 2.45) is 23.2 Å². The van der Waals surface area contributed by atoms with Gasteiger partial charge in [-0.25, -0.2) is 4.79 Å². The van der Waals surface area contributed by atoms with E-state index in [0.717, 1.165) is 6.29 Å². The van der Waals surface area contributed by atoms with E-state index in [2.05, 4.69) is 6.58 Å². The first-order valence-electron chi connectivity index (χ1n) is 7.11. The van der Waals surface area contributed by atoms with Crippen LogP contribution in [0.1, 0.15) is 26.2 Å². The van der Waals surface area contributed by atoms with Gasteiger partial charge in [0.25, 0.3) is 0 Å². The predicted octanol–water partition coefficient (Wildman–Crippen LogP) is 0.441. The third kappa shape index (κ3) is 1.63. The Morgan fingerprint density at radius 1 is 1.40 bits per heavy atom. The molecule has 0 aromatic carbocycles. The summed E-state index contributed by atoms with van der Waals surface area (Å²) < 4.78 is 5.39. The van der Waals surface area contributed by atoms with Crippen LogP contribution in [0.15, 0.2) is 12.2 Å². The van der Waals surface area contributed by atoms with Crippen molar-refractivity contribution in [1.82, 2.24) is 0 Å². The minimum Gasteiger partial charge on any atom is -0.458 e. The van der Waals surface area contributed by atoms with Crippen molar-refractivity contribution in [3.05, 3.63) is 12.2 Å². The Bertz CT molecular complexity index is 473. The average molecular weight is 280 g/mol. The molecule has 1 aliphatic heterocycles. The van der Waals surface area contributed by atoms with Gasteiger partial charge in [-0.3, -0.25) is 0 Å². The molecule has 1 saturated heterocycles. The Kier molecular flexibility index (Phi) is 3.03. The number of fused-ring (bicyclic) bond motifs is 3. The van der Waals surface area contributed by atoms with Crippen LogP contribution in [0.25, 0.3) is 0 Å². The van der Waals surface area contributed by atoms with E-state index in [1.807, 2.05) is 6.92 Å². The van der Waals surface area contributed by atoms with Crippen molar-refractivity contribution < 1.29 is 24.5 Å². The molecule has 7 atom stereocenters. The van der Waals surface area contributed by atoms with Crippen LogP contribution >= 0.6 is 0 Å². The number of aliphatic hydroxyl groups is 2. The molecule has 0 bridgehead atoms. The van der Waals surface area contributed by atoms with Crippen LogP contribution in [0.5, 0.6) is 0 Å². The van der Waals surface area contributed by atoms with Crippen LogP contribution in [0.4, 0.5) is 0 Å².